The second-order valence-corrected chi connectivity index (χ2v) is 8.09. The van der Waals surface area contributed by atoms with Crippen molar-refractivity contribution < 1.29 is 0 Å². The molecular weight excluding hydrogens is 292 g/mol. The molecule has 2 unspecified atom stereocenters. The molecule has 2 saturated heterocycles. The molecule has 0 saturated carbocycles. The highest BCUT2D eigenvalue weighted by molar-refractivity contribution is 8.00. The Morgan fingerprint density at radius 3 is 2.91 bits per heavy atom. The van der Waals surface area contributed by atoms with Crippen molar-refractivity contribution in [2.45, 2.75) is 51.2 Å². The van der Waals surface area contributed by atoms with E-state index >= 15 is 0 Å². The van der Waals surface area contributed by atoms with Crippen LogP contribution in [0.1, 0.15) is 46.0 Å². The van der Waals surface area contributed by atoms with Crippen molar-refractivity contribution in [3.63, 3.8) is 0 Å². The number of aliphatic imine (C=N–C) groups is 1. The van der Waals surface area contributed by atoms with E-state index in [2.05, 4.69) is 41.1 Å². The van der Waals surface area contributed by atoms with E-state index in [1.165, 1.54) is 57.5 Å². The van der Waals surface area contributed by atoms with Gasteiger partial charge < -0.3 is 15.5 Å². The van der Waals surface area contributed by atoms with Gasteiger partial charge in [-0.3, -0.25) is 4.99 Å². The van der Waals surface area contributed by atoms with Gasteiger partial charge in [-0.25, -0.2) is 0 Å². The van der Waals surface area contributed by atoms with E-state index < -0.39 is 0 Å². The summed E-state index contributed by atoms with van der Waals surface area (Å²) in [5.74, 6) is 3.20. The summed E-state index contributed by atoms with van der Waals surface area (Å²) in [6.07, 6.45) is 6.68. The van der Waals surface area contributed by atoms with Crippen LogP contribution in [0.4, 0.5) is 0 Å². The molecule has 0 aliphatic carbocycles. The molecule has 2 atom stereocenters. The highest BCUT2D eigenvalue weighted by Gasteiger charge is 2.16. The van der Waals surface area contributed by atoms with Crippen LogP contribution >= 0.6 is 11.8 Å². The highest BCUT2D eigenvalue weighted by atomic mass is 32.2. The zero-order chi connectivity index (χ0) is 15.6. The molecule has 0 spiro atoms. The number of thioether (sulfide) groups is 1. The average molecular weight is 327 g/mol. The monoisotopic (exact) mass is 326 g/mol. The third kappa shape index (κ3) is 6.78. The van der Waals surface area contributed by atoms with Gasteiger partial charge >= 0.3 is 0 Å². The summed E-state index contributed by atoms with van der Waals surface area (Å²) < 4.78 is 0. The smallest absolute Gasteiger partial charge is 0.191 e. The third-order valence-electron chi connectivity index (χ3n) is 4.51. The third-order valence-corrected chi connectivity index (χ3v) is 5.89. The molecule has 2 aliphatic rings. The Bertz CT molecular complexity index is 329. The fourth-order valence-corrected chi connectivity index (χ4v) is 4.50. The number of nitrogens with one attached hydrogen (secondary N) is 2. The molecule has 0 aromatic heterocycles. The predicted molar refractivity (Wildman–Crippen MR) is 98.9 cm³/mol. The molecule has 0 aromatic carbocycles. The maximum Gasteiger partial charge on any atom is 0.191 e. The Balaban J connectivity index is 1.61. The summed E-state index contributed by atoms with van der Waals surface area (Å²) in [5.41, 5.74) is 0. The van der Waals surface area contributed by atoms with Gasteiger partial charge in [0.15, 0.2) is 5.96 Å². The van der Waals surface area contributed by atoms with E-state index in [1.54, 1.807) is 0 Å². The maximum atomic E-state index is 4.75. The van der Waals surface area contributed by atoms with Crippen molar-refractivity contribution >= 4 is 17.7 Å². The van der Waals surface area contributed by atoms with E-state index in [1.807, 2.05) is 0 Å². The molecule has 2 aliphatic heterocycles. The molecule has 0 radical (unpaired) electrons. The number of likely N-dealkylation sites (tertiary alicyclic amines) is 1. The Morgan fingerprint density at radius 1 is 1.27 bits per heavy atom. The molecule has 128 valence electrons. The van der Waals surface area contributed by atoms with Crippen molar-refractivity contribution in [2.24, 2.45) is 10.9 Å². The minimum absolute atomic E-state index is 0.741. The second-order valence-electron chi connectivity index (χ2n) is 6.68. The largest absolute Gasteiger partial charge is 0.357 e. The van der Waals surface area contributed by atoms with Gasteiger partial charge in [-0.05, 0) is 63.8 Å². The predicted octanol–water partition coefficient (Wildman–Crippen LogP) is 2.56. The lowest BCUT2D eigenvalue weighted by Gasteiger charge is -2.30. The molecule has 2 fully saturated rings. The molecule has 5 heteroatoms. The lowest BCUT2D eigenvalue weighted by molar-refractivity contribution is 0.182. The van der Waals surface area contributed by atoms with Crippen LogP contribution in [0.2, 0.25) is 0 Å². The molecule has 0 amide bonds. The first-order valence-corrected chi connectivity index (χ1v) is 10.2. The number of piperidine rings is 1. The standard InChI is InChI=1S/C17H34N4S/c1-3-18-17(20-13-16-8-5-12-22-16)19-9-6-11-21-10-4-7-15(2)14-21/h15-16H,3-14H2,1-2H3,(H2,18,19,20). The van der Waals surface area contributed by atoms with E-state index in [0.29, 0.717) is 0 Å². The average Bonchev–Trinajstić information content (AvgIpc) is 3.02. The zero-order valence-corrected chi connectivity index (χ0v) is 15.3. The zero-order valence-electron chi connectivity index (χ0n) is 14.4. The minimum Gasteiger partial charge on any atom is -0.357 e. The van der Waals surface area contributed by atoms with Crippen LogP contribution in [0.15, 0.2) is 4.99 Å². The Kier molecular flexibility index (Phi) is 8.45. The molecule has 2 rings (SSSR count). The molecule has 0 bridgehead atoms. The van der Waals surface area contributed by atoms with Crippen LogP contribution < -0.4 is 10.6 Å². The molecule has 22 heavy (non-hydrogen) atoms. The summed E-state index contributed by atoms with van der Waals surface area (Å²) >= 11 is 2.08. The first-order chi connectivity index (χ1) is 10.8. The number of hydrogen-bond acceptors (Lipinski definition) is 3. The van der Waals surface area contributed by atoms with Crippen LogP contribution in [-0.2, 0) is 0 Å². The summed E-state index contributed by atoms with van der Waals surface area (Å²) in [4.78, 5) is 7.37. The lowest BCUT2D eigenvalue weighted by Crippen LogP contribution is -2.40. The summed E-state index contributed by atoms with van der Waals surface area (Å²) in [6, 6.07) is 0. The minimum atomic E-state index is 0.741. The Hall–Kier alpha value is -0.420. The van der Waals surface area contributed by atoms with Gasteiger partial charge in [-0.1, -0.05) is 6.92 Å². The van der Waals surface area contributed by atoms with Gasteiger partial charge in [0.25, 0.3) is 0 Å². The Morgan fingerprint density at radius 2 is 2.18 bits per heavy atom. The van der Waals surface area contributed by atoms with Gasteiger partial charge in [0, 0.05) is 24.9 Å². The van der Waals surface area contributed by atoms with Gasteiger partial charge in [0.05, 0.1) is 6.54 Å². The number of guanidine groups is 1. The topological polar surface area (TPSA) is 39.7 Å². The second kappa shape index (κ2) is 10.4. The number of nitrogens with zero attached hydrogens (tertiary/aromatic N) is 2. The SMILES string of the molecule is CCNC(=NCC1CCCS1)NCCCN1CCCC(C)C1. The van der Waals surface area contributed by atoms with Crippen molar-refractivity contribution in [3.8, 4) is 0 Å². The van der Waals surface area contributed by atoms with Gasteiger partial charge in [0.2, 0.25) is 0 Å². The Labute approximate surface area is 140 Å². The molecule has 4 nitrogen and oxygen atoms in total. The van der Waals surface area contributed by atoms with Crippen LogP contribution in [0.5, 0.6) is 0 Å². The highest BCUT2D eigenvalue weighted by Crippen LogP contribution is 2.25. The maximum absolute atomic E-state index is 4.75. The first kappa shape index (κ1) is 17.9. The fraction of sp³-hybridized carbons (Fsp3) is 0.941. The lowest BCUT2D eigenvalue weighted by atomic mass is 10.0. The molecule has 2 heterocycles. The van der Waals surface area contributed by atoms with Crippen molar-refractivity contribution in [1.82, 2.24) is 15.5 Å². The summed E-state index contributed by atoms with van der Waals surface area (Å²) in [6.45, 7) is 11.2. The van der Waals surface area contributed by atoms with Crippen LogP contribution in [0.25, 0.3) is 0 Å². The normalized spacial score (nSPS) is 27.1. The van der Waals surface area contributed by atoms with Crippen LogP contribution in [-0.4, -0.2) is 61.1 Å². The first-order valence-electron chi connectivity index (χ1n) is 9.14. The molecule has 0 aromatic rings. The van der Waals surface area contributed by atoms with E-state index in [9.17, 15) is 0 Å². The van der Waals surface area contributed by atoms with Gasteiger partial charge in [-0.2, -0.15) is 11.8 Å². The quantitative estimate of drug-likeness (QED) is 0.428. The van der Waals surface area contributed by atoms with E-state index in [4.69, 9.17) is 4.99 Å². The molecule has 2 N–H and O–H groups in total. The van der Waals surface area contributed by atoms with Crippen molar-refractivity contribution in [1.29, 1.82) is 0 Å². The fourth-order valence-electron chi connectivity index (χ4n) is 3.32. The number of hydrogen-bond donors (Lipinski definition) is 2. The van der Waals surface area contributed by atoms with Gasteiger partial charge in [-0.15, -0.1) is 0 Å². The van der Waals surface area contributed by atoms with E-state index in [-0.39, 0.29) is 0 Å². The van der Waals surface area contributed by atoms with Crippen LogP contribution in [0, 0.1) is 5.92 Å². The van der Waals surface area contributed by atoms with E-state index in [0.717, 1.165) is 36.8 Å². The summed E-state index contributed by atoms with van der Waals surface area (Å²) in [5, 5.41) is 7.61. The number of rotatable bonds is 7. The molecular formula is C17H34N4S. The van der Waals surface area contributed by atoms with Crippen molar-refractivity contribution in [3.05, 3.63) is 0 Å². The van der Waals surface area contributed by atoms with Crippen LogP contribution in [0.3, 0.4) is 0 Å². The summed E-state index contributed by atoms with van der Waals surface area (Å²) in [7, 11) is 0. The van der Waals surface area contributed by atoms with Crippen molar-refractivity contribution in [2.75, 3.05) is 45.0 Å². The van der Waals surface area contributed by atoms with Gasteiger partial charge in [0.1, 0.15) is 0 Å².